The second-order valence-corrected chi connectivity index (χ2v) is 4.74. The highest BCUT2D eigenvalue weighted by atomic mass is 16.5. The van der Waals surface area contributed by atoms with Crippen LogP contribution in [0.1, 0.15) is 10.4 Å². The van der Waals surface area contributed by atoms with E-state index < -0.39 is 23.5 Å². The van der Waals surface area contributed by atoms with E-state index in [0.717, 1.165) is 0 Å². The van der Waals surface area contributed by atoms with E-state index in [1.54, 1.807) is 30.4 Å². The zero-order valence-corrected chi connectivity index (χ0v) is 11.7. The van der Waals surface area contributed by atoms with Crippen molar-refractivity contribution in [2.45, 2.75) is 0 Å². The maximum absolute atomic E-state index is 12.5. The van der Waals surface area contributed by atoms with E-state index in [4.69, 9.17) is 4.74 Å². The van der Waals surface area contributed by atoms with Gasteiger partial charge in [0.05, 0.1) is 7.11 Å². The molecule has 0 radical (unpaired) electrons. The zero-order valence-electron chi connectivity index (χ0n) is 11.7. The van der Waals surface area contributed by atoms with Crippen molar-refractivity contribution >= 4 is 23.4 Å². The summed E-state index contributed by atoms with van der Waals surface area (Å²) in [6, 6.07) is 6.24. The molecular weight excluding hydrogens is 284 g/mol. The van der Waals surface area contributed by atoms with Crippen molar-refractivity contribution < 1.29 is 19.1 Å². The standard InChI is InChI=1S/C16H12N2O4/c1-22-11-7-5-10(6-8-11)14(19)13-15(20)17-12-4-2-3-9-18(12)16(13)21/h2-9,13H,1H3. The summed E-state index contributed by atoms with van der Waals surface area (Å²) in [6.45, 7) is 0. The van der Waals surface area contributed by atoms with Crippen LogP contribution in [-0.4, -0.2) is 35.4 Å². The minimum Gasteiger partial charge on any atom is -0.497 e. The van der Waals surface area contributed by atoms with Crippen molar-refractivity contribution in [3.8, 4) is 5.75 Å². The third-order valence-corrected chi connectivity index (χ3v) is 3.43. The van der Waals surface area contributed by atoms with E-state index in [1.165, 1.54) is 30.3 Å². The summed E-state index contributed by atoms with van der Waals surface area (Å²) in [7, 11) is 1.51. The lowest BCUT2D eigenvalue weighted by atomic mass is 9.94. The molecule has 6 nitrogen and oxygen atoms in total. The number of allylic oxidation sites excluding steroid dienone is 2. The van der Waals surface area contributed by atoms with Crippen LogP contribution in [0.15, 0.2) is 53.7 Å². The summed E-state index contributed by atoms with van der Waals surface area (Å²) < 4.78 is 5.02. The number of carbonyl (C=O) groups is 3. The van der Waals surface area contributed by atoms with Crippen LogP contribution in [0.2, 0.25) is 0 Å². The Kier molecular flexibility index (Phi) is 3.42. The van der Waals surface area contributed by atoms with Gasteiger partial charge in [0.2, 0.25) is 0 Å². The minimum atomic E-state index is -1.44. The molecule has 1 aromatic carbocycles. The molecule has 2 aliphatic heterocycles. The van der Waals surface area contributed by atoms with E-state index in [9.17, 15) is 14.4 Å². The van der Waals surface area contributed by atoms with Gasteiger partial charge in [-0.1, -0.05) is 6.08 Å². The lowest BCUT2D eigenvalue weighted by Crippen LogP contribution is -2.47. The third kappa shape index (κ3) is 2.24. The van der Waals surface area contributed by atoms with Crippen LogP contribution in [-0.2, 0) is 9.59 Å². The Bertz CT molecular complexity index is 744. The lowest BCUT2D eigenvalue weighted by Gasteiger charge is -2.27. The molecule has 6 heteroatoms. The fourth-order valence-corrected chi connectivity index (χ4v) is 2.28. The molecule has 0 aromatic heterocycles. The van der Waals surface area contributed by atoms with Gasteiger partial charge in [0.1, 0.15) is 11.6 Å². The summed E-state index contributed by atoms with van der Waals surface area (Å²) in [6.07, 6.45) is 6.34. The molecule has 2 amide bonds. The first-order chi connectivity index (χ1) is 10.6. The monoisotopic (exact) mass is 296 g/mol. The van der Waals surface area contributed by atoms with Crippen molar-refractivity contribution in [1.82, 2.24) is 4.90 Å². The second-order valence-electron chi connectivity index (χ2n) is 4.74. The Morgan fingerprint density at radius 1 is 1.18 bits per heavy atom. The first-order valence-electron chi connectivity index (χ1n) is 6.60. The Balaban J connectivity index is 1.93. The number of benzene rings is 1. The highest BCUT2D eigenvalue weighted by molar-refractivity contribution is 6.30. The van der Waals surface area contributed by atoms with Crippen LogP contribution in [0.25, 0.3) is 0 Å². The Morgan fingerprint density at radius 2 is 1.91 bits per heavy atom. The third-order valence-electron chi connectivity index (χ3n) is 3.43. The maximum Gasteiger partial charge on any atom is 0.268 e. The fraction of sp³-hybridized carbons (Fsp3) is 0.125. The van der Waals surface area contributed by atoms with E-state index >= 15 is 0 Å². The van der Waals surface area contributed by atoms with Crippen molar-refractivity contribution in [2.24, 2.45) is 10.9 Å². The first-order valence-corrected chi connectivity index (χ1v) is 6.60. The van der Waals surface area contributed by atoms with Crippen LogP contribution < -0.4 is 4.74 Å². The molecule has 0 saturated heterocycles. The van der Waals surface area contributed by atoms with Gasteiger partial charge >= 0.3 is 0 Å². The van der Waals surface area contributed by atoms with Gasteiger partial charge in [-0.25, -0.2) is 0 Å². The predicted molar refractivity (Wildman–Crippen MR) is 78.4 cm³/mol. The van der Waals surface area contributed by atoms with Crippen molar-refractivity contribution in [2.75, 3.05) is 7.11 Å². The van der Waals surface area contributed by atoms with Crippen molar-refractivity contribution in [1.29, 1.82) is 0 Å². The lowest BCUT2D eigenvalue weighted by molar-refractivity contribution is -0.135. The summed E-state index contributed by atoms with van der Waals surface area (Å²) in [5.41, 5.74) is 0.266. The number of aliphatic imine (C=N–C) groups is 1. The molecule has 0 N–H and O–H groups in total. The molecule has 1 atom stereocenters. The van der Waals surface area contributed by atoms with Gasteiger partial charge in [0.25, 0.3) is 11.8 Å². The van der Waals surface area contributed by atoms with Gasteiger partial charge < -0.3 is 4.74 Å². The van der Waals surface area contributed by atoms with Gasteiger partial charge in [-0.3, -0.25) is 19.3 Å². The summed E-state index contributed by atoms with van der Waals surface area (Å²) in [5.74, 6) is -2.51. The maximum atomic E-state index is 12.5. The molecule has 1 unspecified atom stereocenters. The van der Waals surface area contributed by atoms with E-state index in [0.29, 0.717) is 5.75 Å². The minimum absolute atomic E-state index is 0.233. The number of rotatable bonds is 3. The van der Waals surface area contributed by atoms with Gasteiger partial charge in [-0.2, -0.15) is 4.99 Å². The summed E-state index contributed by atoms with van der Waals surface area (Å²) in [4.78, 5) is 42.0. The highest BCUT2D eigenvalue weighted by Gasteiger charge is 2.42. The molecular formula is C16H12N2O4. The normalized spacial score (nSPS) is 19.8. The molecule has 0 aliphatic carbocycles. The number of hydrogen-bond acceptors (Lipinski definition) is 4. The highest BCUT2D eigenvalue weighted by Crippen LogP contribution is 2.22. The van der Waals surface area contributed by atoms with Crippen LogP contribution in [0.3, 0.4) is 0 Å². The molecule has 2 heterocycles. The number of Topliss-reactive ketones (excluding diaryl/α,β-unsaturated/α-hetero) is 1. The fourth-order valence-electron chi connectivity index (χ4n) is 2.28. The van der Waals surface area contributed by atoms with Gasteiger partial charge in [0.15, 0.2) is 11.7 Å². The number of ketones is 1. The Hall–Kier alpha value is -3.02. The quantitative estimate of drug-likeness (QED) is 0.623. The number of ether oxygens (including phenoxy) is 1. The van der Waals surface area contributed by atoms with Crippen LogP contribution >= 0.6 is 0 Å². The predicted octanol–water partition coefficient (Wildman–Crippen LogP) is 1.34. The molecule has 0 spiro atoms. The average Bonchev–Trinajstić information content (AvgIpc) is 2.55. The van der Waals surface area contributed by atoms with Crippen LogP contribution in [0.4, 0.5) is 0 Å². The largest absolute Gasteiger partial charge is 0.497 e. The van der Waals surface area contributed by atoms with Crippen LogP contribution in [0, 0.1) is 5.92 Å². The van der Waals surface area contributed by atoms with Crippen LogP contribution in [0.5, 0.6) is 5.75 Å². The number of amidine groups is 1. The molecule has 0 fully saturated rings. The number of nitrogens with zero attached hydrogens (tertiary/aromatic N) is 2. The van der Waals surface area contributed by atoms with E-state index in [1.807, 2.05) is 0 Å². The molecule has 22 heavy (non-hydrogen) atoms. The Labute approximate surface area is 126 Å². The second kappa shape index (κ2) is 5.40. The number of fused-ring (bicyclic) bond motifs is 1. The number of methoxy groups -OCH3 is 1. The number of amides is 2. The van der Waals surface area contributed by atoms with Crippen molar-refractivity contribution in [3.63, 3.8) is 0 Å². The van der Waals surface area contributed by atoms with E-state index in [-0.39, 0.29) is 11.4 Å². The average molecular weight is 296 g/mol. The van der Waals surface area contributed by atoms with Gasteiger partial charge in [-0.15, -0.1) is 0 Å². The number of hydrogen-bond donors (Lipinski definition) is 0. The van der Waals surface area contributed by atoms with Crippen molar-refractivity contribution in [3.05, 3.63) is 54.3 Å². The smallest absolute Gasteiger partial charge is 0.268 e. The first kappa shape index (κ1) is 13.9. The molecule has 2 aliphatic rings. The number of carbonyl (C=O) groups excluding carboxylic acids is 3. The molecule has 110 valence electrons. The Morgan fingerprint density at radius 3 is 2.59 bits per heavy atom. The molecule has 0 saturated carbocycles. The topological polar surface area (TPSA) is 76.0 Å². The zero-order chi connectivity index (χ0) is 15.7. The molecule has 0 bridgehead atoms. The van der Waals surface area contributed by atoms with E-state index in [2.05, 4.69) is 4.99 Å². The summed E-state index contributed by atoms with van der Waals surface area (Å²) in [5, 5.41) is 0. The van der Waals surface area contributed by atoms with Gasteiger partial charge in [-0.05, 0) is 36.4 Å². The molecule has 3 rings (SSSR count). The SMILES string of the molecule is COc1ccc(C(=O)C2C(=O)N=C3C=CC=CN3C2=O)cc1. The summed E-state index contributed by atoms with van der Waals surface area (Å²) >= 11 is 0. The molecule has 1 aromatic rings. The van der Waals surface area contributed by atoms with Gasteiger partial charge in [0, 0.05) is 11.8 Å².